The maximum Gasteiger partial charge on any atom is 0.220 e. The van der Waals surface area contributed by atoms with E-state index in [9.17, 15) is 15.0 Å². The third-order valence-corrected chi connectivity index (χ3v) is 6.12. The van der Waals surface area contributed by atoms with Gasteiger partial charge in [-0.25, -0.2) is 0 Å². The summed E-state index contributed by atoms with van der Waals surface area (Å²) in [6.45, 7) is 4.28. The highest BCUT2D eigenvalue weighted by molar-refractivity contribution is 5.76. The lowest BCUT2D eigenvalue weighted by Gasteiger charge is -2.22. The SMILES string of the molecule is CCCCCCCCCCCC[C@@H](O)[C@H](CO)NC(=O)CCCCCCCCCC. The van der Waals surface area contributed by atoms with Crippen molar-refractivity contribution in [3.05, 3.63) is 0 Å². The molecule has 3 N–H and O–H groups in total. The van der Waals surface area contributed by atoms with Crippen LogP contribution >= 0.6 is 0 Å². The van der Waals surface area contributed by atoms with Gasteiger partial charge in [-0.3, -0.25) is 4.79 Å². The van der Waals surface area contributed by atoms with Crippen molar-refractivity contribution in [3.8, 4) is 0 Å². The lowest BCUT2D eigenvalue weighted by Crippen LogP contribution is -2.45. The van der Waals surface area contributed by atoms with E-state index in [1.807, 2.05) is 0 Å². The molecule has 1 amide bonds. The second-order valence-corrected chi connectivity index (χ2v) is 9.12. The van der Waals surface area contributed by atoms with Gasteiger partial charge < -0.3 is 15.5 Å². The molecule has 0 heterocycles. The van der Waals surface area contributed by atoms with Crippen LogP contribution in [-0.4, -0.2) is 34.9 Å². The van der Waals surface area contributed by atoms with Crippen molar-refractivity contribution in [3.63, 3.8) is 0 Å². The van der Waals surface area contributed by atoms with E-state index in [-0.39, 0.29) is 12.5 Å². The molecule has 0 rings (SSSR count). The number of aliphatic hydroxyl groups is 2. The second kappa shape index (κ2) is 23.1. The molecule has 0 saturated heterocycles. The molecule has 0 aliphatic heterocycles. The molecule has 2 atom stereocenters. The fourth-order valence-electron chi connectivity index (χ4n) is 4.00. The first-order valence-corrected chi connectivity index (χ1v) is 13.2. The molecule has 0 spiro atoms. The first-order valence-electron chi connectivity index (χ1n) is 13.2. The van der Waals surface area contributed by atoms with E-state index in [0.717, 1.165) is 25.7 Å². The second-order valence-electron chi connectivity index (χ2n) is 9.12. The van der Waals surface area contributed by atoms with Crippen molar-refractivity contribution in [2.45, 2.75) is 154 Å². The molecule has 0 saturated carbocycles. The monoisotopic (exact) mass is 427 g/mol. The molecule has 0 aromatic carbocycles. The van der Waals surface area contributed by atoms with E-state index >= 15 is 0 Å². The zero-order valence-electron chi connectivity index (χ0n) is 20.3. The predicted molar refractivity (Wildman–Crippen MR) is 129 cm³/mol. The maximum atomic E-state index is 12.1. The molecule has 0 radical (unpaired) electrons. The summed E-state index contributed by atoms with van der Waals surface area (Å²) in [5.74, 6) is -0.0397. The molecule has 0 bridgehead atoms. The van der Waals surface area contributed by atoms with Gasteiger partial charge in [-0.05, 0) is 12.8 Å². The van der Waals surface area contributed by atoms with E-state index in [1.54, 1.807) is 0 Å². The van der Waals surface area contributed by atoms with Crippen molar-refractivity contribution in [2.24, 2.45) is 0 Å². The molecule has 4 nitrogen and oxygen atoms in total. The Kier molecular flexibility index (Phi) is 22.6. The first kappa shape index (κ1) is 29.4. The van der Waals surface area contributed by atoms with Crippen molar-refractivity contribution in [2.75, 3.05) is 6.61 Å². The quantitative estimate of drug-likeness (QED) is 0.160. The van der Waals surface area contributed by atoms with Crippen LogP contribution in [0.25, 0.3) is 0 Å². The van der Waals surface area contributed by atoms with Crippen LogP contribution in [0.2, 0.25) is 0 Å². The molecule has 0 unspecified atom stereocenters. The number of carbonyl (C=O) groups excluding carboxylic acids is 1. The van der Waals surface area contributed by atoms with Crippen molar-refractivity contribution in [1.82, 2.24) is 5.32 Å². The number of hydrogen-bond donors (Lipinski definition) is 3. The highest BCUT2D eigenvalue weighted by Crippen LogP contribution is 2.13. The third-order valence-electron chi connectivity index (χ3n) is 6.12. The van der Waals surface area contributed by atoms with E-state index in [1.165, 1.54) is 89.9 Å². The molecule has 0 aliphatic carbocycles. The van der Waals surface area contributed by atoms with Crippen LogP contribution in [0.5, 0.6) is 0 Å². The zero-order chi connectivity index (χ0) is 22.3. The molecule has 0 aliphatic rings. The van der Waals surface area contributed by atoms with Crippen molar-refractivity contribution >= 4 is 5.91 Å². The van der Waals surface area contributed by atoms with Gasteiger partial charge >= 0.3 is 0 Å². The van der Waals surface area contributed by atoms with Crippen LogP contribution in [0.4, 0.5) is 0 Å². The van der Waals surface area contributed by atoms with Gasteiger partial charge in [-0.1, -0.05) is 123 Å². The van der Waals surface area contributed by atoms with Gasteiger partial charge in [0, 0.05) is 6.42 Å². The maximum absolute atomic E-state index is 12.1. The molecule has 0 aromatic rings. The predicted octanol–water partition coefficient (Wildman–Crippen LogP) is 6.67. The highest BCUT2D eigenvalue weighted by Gasteiger charge is 2.19. The van der Waals surface area contributed by atoms with Crippen LogP contribution in [-0.2, 0) is 4.79 Å². The Hall–Kier alpha value is -0.610. The molecule has 0 aromatic heterocycles. The third kappa shape index (κ3) is 19.4. The topological polar surface area (TPSA) is 69.6 Å². The van der Waals surface area contributed by atoms with Crippen molar-refractivity contribution in [1.29, 1.82) is 0 Å². The summed E-state index contributed by atoms with van der Waals surface area (Å²) in [4.78, 5) is 12.1. The number of rotatable bonds is 23. The lowest BCUT2D eigenvalue weighted by atomic mass is 10.0. The largest absolute Gasteiger partial charge is 0.394 e. The molecular weight excluding hydrogens is 374 g/mol. The van der Waals surface area contributed by atoms with E-state index in [2.05, 4.69) is 19.2 Å². The van der Waals surface area contributed by atoms with E-state index in [0.29, 0.717) is 12.8 Å². The summed E-state index contributed by atoms with van der Waals surface area (Å²) in [7, 11) is 0. The smallest absolute Gasteiger partial charge is 0.220 e. The van der Waals surface area contributed by atoms with Gasteiger partial charge in [0.1, 0.15) is 0 Å². The molecule has 30 heavy (non-hydrogen) atoms. The zero-order valence-corrected chi connectivity index (χ0v) is 20.3. The summed E-state index contributed by atoms with van der Waals surface area (Å²) in [5.41, 5.74) is 0. The standard InChI is InChI=1S/C26H53NO3/c1-3-5-7-9-11-13-14-15-17-19-21-25(29)24(23-28)27-26(30)22-20-18-16-12-10-8-6-4-2/h24-25,28-29H,3-23H2,1-2H3,(H,27,30)/t24-,25+/m0/s1. The van der Waals surface area contributed by atoms with Gasteiger partial charge in [0.25, 0.3) is 0 Å². The van der Waals surface area contributed by atoms with Gasteiger partial charge in [0.15, 0.2) is 0 Å². The molecule has 0 fully saturated rings. The van der Waals surface area contributed by atoms with Crippen LogP contribution < -0.4 is 5.32 Å². The highest BCUT2D eigenvalue weighted by atomic mass is 16.3. The fraction of sp³-hybridized carbons (Fsp3) is 0.962. The summed E-state index contributed by atoms with van der Waals surface area (Å²) in [5, 5.41) is 22.7. The minimum absolute atomic E-state index is 0.0397. The Morgan fingerprint density at radius 2 is 1.07 bits per heavy atom. The average Bonchev–Trinajstić information content (AvgIpc) is 2.75. The Bertz CT molecular complexity index is 362. The van der Waals surface area contributed by atoms with Gasteiger partial charge in [-0.15, -0.1) is 0 Å². The van der Waals surface area contributed by atoms with Gasteiger partial charge in [0.05, 0.1) is 18.8 Å². The summed E-state index contributed by atoms with van der Waals surface area (Å²) >= 11 is 0. The summed E-state index contributed by atoms with van der Waals surface area (Å²) < 4.78 is 0. The van der Waals surface area contributed by atoms with Crippen LogP contribution in [0.1, 0.15) is 142 Å². The van der Waals surface area contributed by atoms with Crippen molar-refractivity contribution < 1.29 is 15.0 Å². The molecule has 4 heteroatoms. The number of amides is 1. The van der Waals surface area contributed by atoms with Crippen LogP contribution in [0.3, 0.4) is 0 Å². The Morgan fingerprint density at radius 3 is 1.50 bits per heavy atom. The van der Waals surface area contributed by atoms with E-state index < -0.39 is 12.1 Å². The van der Waals surface area contributed by atoms with Crippen LogP contribution in [0, 0.1) is 0 Å². The number of aliphatic hydroxyl groups excluding tert-OH is 2. The Labute approximate surface area is 187 Å². The number of carbonyl (C=O) groups is 1. The minimum Gasteiger partial charge on any atom is -0.394 e. The number of nitrogens with one attached hydrogen (secondary N) is 1. The fourth-order valence-corrected chi connectivity index (χ4v) is 4.00. The Balaban J connectivity index is 3.64. The number of hydrogen-bond acceptors (Lipinski definition) is 3. The lowest BCUT2D eigenvalue weighted by molar-refractivity contribution is -0.123. The summed E-state index contributed by atoms with van der Waals surface area (Å²) in [6, 6.07) is -0.523. The number of unbranched alkanes of at least 4 members (excludes halogenated alkanes) is 16. The minimum atomic E-state index is -0.647. The van der Waals surface area contributed by atoms with Gasteiger partial charge in [0.2, 0.25) is 5.91 Å². The normalized spacial score (nSPS) is 13.3. The summed E-state index contributed by atoms with van der Waals surface area (Å²) in [6.07, 6.45) is 22.8. The Morgan fingerprint density at radius 1 is 0.667 bits per heavy atom. The van der Waals surface area contributed by atoms with Gasteiger partial charge in [-0.2, -0.15) is 0 Å². The average molecular weight is 428 g/mol. The molecular formula is C26H53NO3. The van der Waals surface area contributed by atoms with Crippen LogP contribution in [0.15, 0.2) is 0 Å². The first-order chi connectivity index (χ1) is 14.7. The molecule has 180 valence electrons. The van der Waals surface area contributed by atoms with E-state index in [4.69, 9.17) is 0 Å².